The zero-order valence-electron chi connectivity index (χ0n) is 11.8. The lowest BCUT2D eigenvalue weighted by atomic mass is 10.1. The lowest BCUT2D eigenvalue weighted by Gasteiger charge is -2.21. The second kappa shape index (κ2) is 9.66. The van der Waals surface area contributed by atoms with Crippen molar-refractivity contribution < 1.29 is 13.6 Å². The highest BCUT2D eigenvalue weighted by atomic mass is 35.5. The fourth-order valence-electron chi connectivity index (χ4n) is 1.83. The fourth-order valence-corrected chi connectivity index (χ4v) is 1.83. The van der Waals surface area contributed by atoms with Crippen LogP contribution in [-0.4, -0.2) is 30.9 Å². The van der Waals surface area contributed by atoms with E-state index >= 15 is 0 Å². The van der Waals surface area contributed by atoms with E-state index in [1.54, 1.807) is 6.92 Å². The lowest BCUT2D eigenvalue weighted by molar-refractivity contribution is -0.131. The number of carbonyl (C=O) groups is 1. The molecule has 0 aliphatic heterocycles. The smallest absolute Gasteiger partial charge is 0.222 e. The third kappa shape index (κ3) is 5.43. The van der Waals surface area contributed by atoms with E-state index in [9.17, 15) is 13.6 Å². The van der Waals surface area contributed by atoms with Gasteiger partial charge in [-0.25, -0.2) is 8.78 Å². The Morgan fingerprint density at radius 3 is 2.40 bits per heavy atom. The predicted octanol–water partition coefficient (Wildman–Crippen LogP) is 2.73. The van der Waals surface area contributed by atoms with Gasteiger partial charge in [-0.1, -0.05) is 6.07 Å². The molecular formula is C14H21ClF2N2O. The maximum atomic E-state index is 13.5. The summed E-state index contributed by atoms with van der Waals surface area (Å²) in [5.74, 6) is -1.30. The molecular weight excluding hydrogens is 286 g/mol. The van der Waals surface area contributed by atoms with Crippen LogP contribution in [0.2, 0.25) is 0 Å². The van der Waals surface area contributed by atoms with Gasteiger partial charge in [-0.15, -0.1) is 12.4 Å². The summed E-state index contributed by atoms with van der Waals surface area (Å²) >= 11 is 0. The molecule has 0 radical (unpaired) electrons. The molecule has 20 heavy (non-hydrogen) atoms. The first-order valence-electron chi connectivity index (χ1n) is 6.45. The summed E-state index contributed by atoms with van der Waals surface area (Å²) < 4.78 is 27.1. The van der Waals surface area contributed by atoms with Crippen LogP contribution >= 0.6 is 12.4 Å². The van der Waals surface area contributed by atoms with Crippen LogP contribution in [0.1, 0.15) is 25.3 Å². The minimum absolute atomic E-state index is 0. The van der Waals surface area contributed by atoms with Crippen molar-refractivity contribution in [3.63, 3.8) is 0 Å². The minimum atomic E-state index is -0.610. The quantitative estimate of drug-likeness (QED) is 0.786. The van der Waals surface area contributed by atoms with E-state index in [2.05, 4.69) is 5.32 Å². The average molecular weight is 307 g/mol. The molecule has 0 saturated heterocycles. The average Bonchev–Trinajstić information content (AvgIpc) is 2.38. The standard InChI is InChI=1S/C14H20F2N2O.ClH/c1-3-18(14(19)8-5-9-17-2)10-11-12(15)6-4-7-13(11)16;/h4,6-7,17H,3,5,8-10H2,1-2H3;1H. The molecule has 0 unspecified atom stereocenters. The molecule has 0 saturated carbocycles. The Kier molecular flexibility index (Phi) is 9.08. The summed E-state index contributed by atoms with van der Waals surface area (Å²) in [7, 11) is 1.82. The Morgan fingerprint density at radius 1 is 1.30 bits per heavy atom. The number of amides is 1. The van der Waals surface area contributed by atoms with Crippen LogP contribution in [-0.2, 0) is 11.3 Å². The van der Waals surface area contributed by atoms with Crippen molar-refractivity contribution in [2.75, 3.05) is 20.1 Å². The number of hydrogen-bond donors (Lipinski definition) is 1. The second-order valence-electron chi connectivity index (χ2n) is 4.32. The maximum absolute atomic E-state index is 13.5. The number of nitrogens with one attached hydrogen (secondary N) is 1. The largest absolute Gasteiger partial charge is 0.338 e. The summed E-state index contributed by atoms with van der Waals surface area (Å²) in [5, 5.41) is 2.96. The Hall–Kier alpha value is -1.20. The number of rotatable bonds is 7. The molecule has 0 bridgehead atoms. The summed E-state index contributed by atoms with van der Waals surface area (Å²) in [6.45, 7) is 2.96. The van der Waals surface area contributed by atoms with Crippen LogP contribution in [0.5, 0.6) is 0 Å². The zero-order chi connectivity index (χ0) is 14.3. The van der Waals surface area contributed by atoms with Crippen LogP contribution in [0.25, 0.3) is 0 Å². The predicted molar refractivity (Wildman–Crippen MR) is 77.9 cm³/mol. The summed E-state index contributed by atoms with van der Waals surface area (Å²) in [4.78, 5) is 13.4. The molecule has 1 N–H and O–H groups in total. The molecule has 3 nitrogen and oxygen atoms in total. The Morgan fingerprint density at radius 2 is 1.90 bits per heavy atom. The highest BCUT2D eigenvalue weighted by Crippen LogP contribution is 2.15. The Bertz CT molecular complexity index is 409. The van der Waals surface area contributed by atoms with Crippen LogP contribution < -0.4 is 5.32 Å². The molecule has 0 heterocycles. The van der Waals surface area contributed by atoms with Gasteiger partial charge in [0.15, 0.2) is 0 Å². The summed E-state index contributed by atoms with van der Waals surface area (Å²) in [6.07, 6.45) is 1.09. The van der Waals surface area contributed by atoms with Crippen molar-refractivity contribution in [1.29, 1.82) is 0 Å². The van der Waals surface area contributed by atoms with Crippen LogP contribution in [0.3, 0.4) is 0 Å². The van der Waals surface area contributed by atoms with Crippen molar-refractivity contribution in [2.45, 2.75) is 26.3 Å². The van der Waals surface area contributed by atoms with E-state index in [0.29, 0.717) is 19.4 Å². The normalized spacial score (nSPS) is 10.0. The van der Waals surface area contributed by atoms with Gasteiger partial charge in [-0.2, -0.15) is 0 Å². The molecule has 0 spiro atoms. The number of carbonyl (C=O) groups excluding carboxylic acids is 1. The van der Waals surface area contributed by atoms with Gasteiger partial charge >= 0.3 is 0 Å². The first kappa shape index (κ1) is 18.8. The topological polar surface area (TPSA) is 32.3 Å². The molecule has 0 aliphatic rings. The van der Waals surface area contributed by atoms with Gasteiger partial charge in [0, 0.05) is 18.5 Å². The number of hydrogen-bond acceptors (Lipinski definition) is 2. The van der Waals surface area contributed by atoms with Crippen LogP contribution in [0, 0.1) is 11.6 Å². The van der Waals surface area contributed by atoms with Gasteiger partial charge in [0.05, 0.1) is 6.54 Å². The molecule has 1 amide bonds. The van der Waals surface area contributed by atoms with Gasteiger partial charge in [0.2, 0.25) is 5.91 Å². The third-order valence-corrected chi connectivity index (χ3v) is 2.96. The van der Waals surface area contributed by atoms with Gasteiger partial charge in [-0.3, -0.25) is 4.79 Å². The van der Waals surface area contributed by atoms with Crippen LogP contribution in [0.15, 0.2) is 18.2 Å². The van der Waals surface area contributed by atoms with Gasteiger partial charge < -0.3 is 10.2 Å². The number of benzene rings is 1. The Balaban J connectivity index is 0.00000361. The Labute approximate surface area is 124 Å². The molecule has 1 aromatic rings. The van der Waals surface area contributed by atoms with Gasteiger partial charge in [0.1, 0.15) is 11.6 Å². The van der Waals surface area contributed by atoms with E-state index in [1.165, 1.54) is 23.1 Å². The fraction of sp³-hybridized carbons (Fsp3) is 0.500. The maximum Gasteiger partial charge on any atom is 0.222 e. The molecule has 114 valence electrons. The number of halogens is 3. The third-order valence-electron chi connectivity index (χ3n) is 2.96. The van der Waals surface area contributed by atoms with E-state index < -0.39 is 11.6 Å². The van der Waals surface area contributed by atoms with E-state index in [0.717, 1.165) is 6.54 Å². The van der Waals surface area contributed by atoms with Crippen LogP contribution in [0.4, 0.5) is 8.78 Å². The highest BCUT2D eigenvalue weighted by Gasteiger charge is 2.16. The monoisotopic (exact) mass is 306 g/mol. The first-order chi connectivity index (χ1) is 9.10. The van der Waals surface area contributed by atoms with Crippen molar-refractivity contribution in [3.8, 4) is 0 Å². The van der Waals surface area contributed by atoms with E-state index in [1.807, 2.05) is 7.05 Å². The van der Waals surface area contributed by atoms with E-state index in [-0.39, 0.29) is 30.4 Å². The zero-order valence-corrected chi connectivity index (χ0v) is 12.6. The van der Waals surface area contributed by atoms with Gasteiger partial charge in [0.25, 0.3) is 0 Å². The summed E-state index contributed by atoms with van der Waals surface area (Å²) in [6, 6.07) is 3.73. The molecule has 1 aromatic carbocycles. The molecule has 0 aromatic heterocycles. The SMILES string of the molecule is CCN(Cc1c(F)cccc1F)C(=O)CCCNC.Cl. The van der Waals surface area contributed by atoms with Crippen molar-refractivity contribution in [2.24, 2.45) is 0 Å². The molecule has 0 atom stereocenters. The molecule has 6 heteroatoms. The van der Waals surface area contributed by atoms with Crippen molar-refractivity contribution in [3.05, 3.63) is 35.4 Å². The van der Waals surface area contributed by atoms with E-state index in [4.69, 9.17) is 0 Å². The first-order valence-corrected chi connectivity index (χ1v) is 6.45. The molecule has 0 aliphatic carbocycles. The highest BCUT2D eigenvalue weighted by molar-refractivity contribution is 5.85. The van der Waals surface area contributed by atoms with Crippen molar-refractivity contribution in [1.82, 2.24) is 10.2 Å². The molecule has 1 rings (SSSR count). The molecule has 0 fully saturated rings. The van der Waals surface area contributed by atoms with Crippen molar-refractivity contribution >= 4 is 18.3 Å². The van der Waals surface area contributed by atoms with Gasteiger partial charge in [-0.05, 0) is 39.1 Å². The minimum Gasteiger partial charge on any atom is -0.338 e. The lowest BCUT2D eigenvalue weighted by Crippen LogP contribution is -2.31. The second-order valence-corrected chi connectivity index (χ2v) is 4.32. The summed E-state index contributed by atoms with van der Waals surface area (Å²) in [5.41, 5.74) is -0.0497. The number of nitrogens with zero attached hydrogens (tertiary/aromatic N) is 1.